The molecule has 0 radical (unpaired) electrons. The summed E-state index contributed by atoms with van der Waals surface area (Å²) in [5.74, 6) is 2.28. The van der Waals surface area contributed by atoms with E-state index < -0.39 is 0 Å². The van der Waals surface area contributed by atoms with Gasteiger partial charge in [-0.25, -0.2) is 9.98 Å². The summed E-state index contributed by atoms with van der Waals surface area (Å²) in [7, 11) is 0. The van der Waals surface area contributed by atoms with Crippen molar-refractivity contribution in [2.75, 3.05) is 0 Å². The molecule has 0 unspecified atom stereocenters. The van der Waals surface area contributed by atoms with Gasteiger partial charge in [0.1, 0.15) is 11.7 Å². The highest BCUT2D eigenvalue weighted by atomic mass is 32.2. The Morgan fingerprint density at radius 3 is 2.78 bits per heavy atom. The summed E-state index contributed by atoms with van der Waals surface area (Å²) in [6, 6.07) is 22.2. The first-order valence-corrected chi connectivity index (χ1v) is 10.3. The molecule has 0 saturated carbocycles. The van der Waals surface area contributed by atoms with E-state index in [1.807, 2.05) is 66.2 Å². The smallest absolute Gasteiger partial charge is 0.141 e. The van der Waals surface area contributed by atoms with Gasteiger partial charge in [-0.3, -0.25) is 0 Å². The maximum absolute atomic E-state index is 6.10. The zero-order valence-electron chi connectivity index (χ0n) is 14.5. The Hall–Kier alpha value is -2.83. The van der Waals surface area contributed by atoms with Crippen LogP contribution in [-0.4, -0.2) is 15.8 Å². The maximum Gasteiger partial charge on any atom is 0.141 e. The highest BCUT2D eigenvalue weighted by molar-refractivity contribution is 7.98. The second-order valence-electron chi connectivity index (χ2n) is 5.86. The Morgan fingerprint density at radius 2 is 1.96 bits per heavy atom. The summed E-state index contributed by atoms with van der Waals surface area (Å²) in [5.41, 5.74) is 8.84. The quantitative estimate of drug-likeness (QED) is 0.261. The topological polar surface area (TPSA) is 67.1 Å². The standard InChI is InChI=1S/C21H18N4S2/c22-21(19-10-5-11-26-19)24-16-7-4-6-15(12-16)18-13-23-20(25-18)14-27-17-8-2-1-3-9-17/h1-13H,14H2,(H2,22,24)(H,23,25). The number of nitrogens with zero attached hydrogens (tertiary/aromatic N) is 2. The number of H-pyrrole nitrogens is 1. The Balaban J connectivity index is 1.49. The third kappa shape index (κ3) is 4.48. The molecule has 0 aliphatic carbocycles. The summed E-state index contributed by atoms with van der Waals surface area (Å²) < 4.78 is 0. The van der Waals surface area contributed by atoms with E-state index >= 15 is 0 Å². The fourth-order valence-electron chi connectivity index (χ4n) is 2.61. The third-order valence-corrected chi connectivity index (χ3v) is 5.83. The van der Waals surface area contributed by atoms with Gasteiger partial charge in [0.25, 0.3) is 0 Å². The molecule has 4 aromatic rings. The predicted octanol–water partition coefficient (Wildman–Crippen LogP) is 5.47. The average Bonchev–Trinajstić information content (AvgIpc) is 3.40. The minimum absolute atomic E-state index is 0.532. The van der Waals surface area contributed by atoms with Crippen LogP contribution in [0.4, 0.5) is 5.69 Å². The Kier molecular flexibility index (Phi) is 5.37. The lowest BCUT2D eigenvalue weighted by Crippen LogP contribution is -2.10. The van der Waals surface area contributed by atoms with Crippen molar-refractivity contribution in [3.05, 3.63) is 89.0 Å². The molecular weight excluding hydrogens is 372 g/mol. The first-order valence-electron chi connectivity index (χ1n) is 8.48. The van der Waals surface area contributed by atoms with Gasteiger partial charge in [-0.2, -0.15) is 0 Å². The Bertz CT molecular complexity index is 1040. The summed E-state index contributed by atoms with van der Waals surface area (Å²) in [4.78, 5) is 14.7. The van der Waals surface area contributed by atoms with Crippen molar-refractivity contribution in [3.8, 4) is 11.3 Å². The lowest BCUT2D eigenvalue weighted by atomic mass is 10.1. The number of hydrogen-bond donors (Lipinski definition) is 2. The number of benzene rings is 2. The van der Waals surface area contributed by atoms with E-state index in [0.717, 1.165) is 33.4 Å². The molecule has 4 nitrogen and oxygen atoms in total. The van der Waals surface area contributed by atoms with E-state index in [0.29, 0.717) is 5.84 Å². The molecule has 6 heteroatoms. The van der Waals surface area contributed by atoms with Gasteiger partial charge in [0.15, 0.2) is 0 Å². The van der Waals surface area contributed by atoms with Crippen LogP contribution >= 0.6 is 23.1 Å². The highest BCUT2D eigenvalue weighted by Gasteiger charge is 2.06. The van der Waals surface area contributed by atoms with Crippen molar-refractivity contribution >= 4 is 34.6 Å². The van der Waals surface area contributed by atoms with Crippen molar-refractivity contribution in [3.63, 3.8) is 0 Å². The van der Waals surface area contributed by atoms with Gasteiger partial charge in [-0.15, -0.1) is 23.1 Å². The van der Waals surface area contributed by atoms with Crippen LogP contribution in [0.5, 0.6) is 0 Å². The molecule has 27 heavy (non-hydrogen) atoms. The van der Waals surface area contributed by atoms with E-state index in [1.165, 1.54) is 4.90 Å². The number of nitrogens with two attached hydrogens (primary N) is 1. The van der Waals surface area contributed by atoms with Crippen LogP contribution in [0.1, 0.15) is 10.7 Å². The minimum atomic E-state index is 0.532. The molecule has 0 atom stereocenters. The second-order valence-corrected chi connectivity index (χ2v) is 7.86. The molecule has 3 N–H and O–H groups in total. The third-order valence-electron chi connectivity index (χ3n) is 3.91. The summed E-state index contributed by atoms with van der Waals surface area (Å²) in [5, 5.41) is 1.99. The number of amidine groups is 1. The molecule has 0 bridgehead atoms. The Morgan fingerprint density at radius 1 is 1.07 bits per heavy atom. The number of aliphatic imine (C=N–C) groups is 1. The Labute approximate surface area is 166 Å². The van der Waals surface area contributed by atoms with Crippen molar-refractivity contribution in [1.29, 1.82) is 0 Å². The van der Waals surface area contributed by atoms with Crippen LogP contribution in [0, 0.1) is 0 Å². The van der Waals surface area contributed by atoms with E-state index in [-0.39, 0.29) is 0 Å². The minimum Gasteiger partial charge on any atom is -0.383 e. The molecule has 134 valence electrons. The van der Waals surface area contributed by atoms with Gasteiger partial charge < -0.3 is 10.7 Å². The lowest BCUT2D eigenvalue weighted by Gasteiger charge is -2.01. The molecule has 0 amide bonds. The molecule has 0 aliphatic rings. The summed E-state index contributed by atoms with van der Waals surface area (Å²) in [6.07, 6.45) is 1.94. The normalized spacial score (nSPS) is 11.6. The predicted molar refractivity (Wildman–Crippen MR) is 115 cm³/mol. The van der Waals surface area contributed by atoms with Gasteiger partial charge in [-0.1, -0.05) is 36.4 Å². The lowest BCUT2D eigenvalue weighted by molar-refractivity contribution is 1.12. The SMILES string of the molecule is N/C(=N\c1cccc(-c2c[nH]c(CSc3ccccc3)n2)c1)c1cccs1. The molecule has 0 saturated heterocycles. The summed E-state index contributed by atoms with van der Waals surface area (Å²) in [6.45, 7) is 0. The van der Waals surface area contributed by atoms with Gasteiger partial charge >= 0.3 is 0 Å². The van der Waals surface area contributed by atoms with Crippen molar-refractivity contribution in [1.82, 2.24) is 9.97 Å². The van der Waals surface area contributed by atoms with Gasteiger partial charge in [-0.05, 0) is 35.7 Å². The zero-order valence-corrected chi connectivity index (χ0v) is 16.1. The number of hydrogen-bond acceptors (Lipinski definition) is 4. The van der Waals surface area contributed by atoms with E-state index in [9.17, 15) is 0 Å². The molecule has 4 rings (SSSR count). The number of aromatic amines is 1. The van der Waals surface area contributed by atoms with Crippen molar-refractivity contribution in [2.24, 2.45) is 10.7 Å². The van der Waals surface area contributed by atoms with E-state index in [2.05, 4.69) is 22.1 Å². The van der Waals surface area contributed by atoms with Gasteiger partial charge in [0, 0.05) is 16.7 Å². The number of imidazole rings is 1. The molecule has 2 aromatic heterocycles. The largest absolute Gasteiger partial charge is 0.383 e. The van der Waals surface area contributed by atoms with Gasteiger partial charge in [0.2, 0.25) is 0 Å². The molecule has 2 aromatic carbocycles. The monoisotopic (exact) mass is 390 g/mol. The summed E-state index contributed by atoms with van der Waals surface area (Å²) >= 11 is 3.34. The molecule has 2 heterocycles. The first kappa shape index (κ1) is 17.6. The number of thiophene rings is 1. The fourth-order valence-corrected chi connectivity index (χ4v) is 4.03. The highest BCUT2D eigenvalue weighted by Crippen LogP contribution is 2.26. The van der Waals surface area contributed by atoms with Crippen molar-refractivity contribution < 1.29 is 0 Å². The van der Waals surface area contributed by atoms with Crippen molar-refractivity contribution in [2.45, 2.75) is 10.6 Å². The maximum atomic E-state index is 6.10. The van der Waals surface area contributed by atoms with Crippen LogP contribution < -0.4 is 5.73 Å². The van der Waals surface area contributed by atoms with Crippen LogP contribution in [0.15, 0.2) is 88.2 Å². The van der Waals surface area contributed by atoms with E-state index in [4.69, 9.17) is 10.7 Å². The molecule has 0 fully saturated rings. The van der Waals surface area contributed by atoms with Gasteiger partial charge in [0.05, 0.1) is 22.0 Å². The number of thioether (sulfide) groups is 1. The fraction of sp³-hybridized carbons (Fsp3) is 0.0476. The molecule has 0 spiro atoms. The first-order chi connectivity index (χ1) is 13.3. The number of rotatable bonds is 6. The van der Waals surface area contributed by atoms with Crippen LogP contribution in [-0.2, 0) is 5.75 Å². The van der Waals surface area contributed by atoms with E-state index in [1.54, 1.807) is 23.1 Å². The molecular formula is C21H18N4S2. The van der Waals surface area contributed by atoms with Crippen LogP contribution in [0.2, 0.25) is 0 Å². The zero-order chi connectivity index (χ0) is 18.5. The second kappa shape index (κ2) is 8.24. The number of aromatic nitrogens is 2. The molecule has 0 aliphatic heterocycles. The average molecular weight is 391 g/mol. The van der Waals surface area contributed by atoms with Crippen LogP contribution in [0.3, 0.4) is 0 Å². The van der Waals surface area contributed by atoms with Crippen LogP contribution in [0.25, 0.3) is 11.3 Å². The number of nitrogens with one attached hydrogen (secondary N) is 1.